The van der Waals surface area contributed by atoms with Gasteiger partial charge in [0.25, 0.3) is 0 Å². The summed E-state index contributed by atoms with van der Waals surface area (Å²) in [6.45, 7) is 8.23. The zero-order valence-electron chi connectivity index (χ0n) is 12.4. The lowest BCUT2D eigenvalue weighted by Gasteiger charge is -2.05. The largest absolute Gasteiger partial charge is 0.504 e. The maximum Gasteiger partial charge on any atom is 0.157 e. The van der Waals surface area contributed by atoms with Crippen LogP contribution in [-0.2, 0) is 6.42 Å². The molecule has 0 amide bonds. The van der Waals surface area contributed by atoms with E-state index in [4.69, 9.17) is 20.4 Å². The Morgan fingerprint density at radius 3 is 1.74 bits per heavy atom. The number of hydrogen-bond donors (Lipinski definition) is 4. The van der Waals surface area contributed by atoms with Crippen LogP contribution in [0.3, 0.4) is 0 Å². The van der Waals surface area contributed by atoms with Gasteiger partial charge in [-0.1, -0.05) is 40.2 Å². The fourth-order valence-electron chi connectivity index (χ4n) is 1.17. The first-order chi connectivity index (χ1) is 8.92. The molecule has 0 saturated heterocycles. The van der Waals surface area contributed by atoms with Gasteiger partial charge in [0.15, 0.2) is 11.5 Å². The number of aliphatic hydroxyl groups is 2. The van der Waals surface area contributed by atoms with Crippen LogP contribution in [0.4, 0.5) is 0 Å². The van der Waals surface area contributed by atoms with Crippen molar-refractivity contribution in [2.45, 2.75) is 40.5 Å². The fourth-order valence-corrected chi connectivity index (χ4v) is 1.17. The SMILES string of the molecule is CC(C)Cc1ccc(O)c(O)c1.CCC.OCCO. The highest BCUT2D eigenvalue weighted by atomic mass is 16.3. The first-order valence-electron chi connectivity index (χ1n) is 6.65. The Morgan fingerprint density at radius 2 is 1.42 bits per heavy atom. The molecule has 4 nitrogen and oxygen atoms in total. The van der Waals surface area contributed by atoms with Gasteiger partial charge in [0.05, 0.1) is 13.2 Å². The molecule has 0 bridgehead atoms. The molecule has 0 aliphatic heterocycles. The van der Waals surface area contributed by atoms with Crippen LogP contribution >= 0.6 is 0 Å². The molecular formula is C15H28O4. The lowest BCUT2D eigenvalue weighted by molar-refractivity contribution is 0.186. The Balaban J connectivity index is 0. The van der Waals surface area contributed by atoms with Crippen LogP contribution in [0, 0.1) is 5.92 Å². The van der Waals surface area contributed by atoms with E-state index in [1.165, 1.54) is 12.5 Å². The van der Waals surface area contributed by atoms with Crippen LogP contribution in [0.15, 0.2) is 18.2 Å². The highest BCUT2D eigenvalue weighted by Crippen LogP contribution is 2.25. The van der Waals surface area contributed by atoms with E-state index in [1.807, 2.05) is 6.07 Å². The molecule has 0 atom stereocenters. The van der Waals surface area contributed by atoms with Crippen molar-refractivity contribution < 1.29 is 20.4 Å². The Morgan fingerprint density at radius 1 is 0.947 bits per heavy atom. The molecule has 1 aromatic rings. The van der Waals surface area contributed by atoms with Gasteiger partial charge < -0.3 is 20.4 Å². The number of benzene rings is 1. The van der Waals surface area contributed by atoms with E-state index in [-0.39, 0.29) is 24.7 Å². The zero-order valence-corrected chi connectivity index (χ0v) is 12.4. The van der Waals surface area contributed by atoms with Gasteiger partial charge in [-0.05, 0) is 30.0 Å². The van der Waals surface area contributed by atoms with E-state index < -0.39 is 0 Å². The minimum Gasteiger partial charge on any atom is -0.504 e. The minimum absolute atomic E-state index is 0.0341. The van der Waals surface area contributed by atoms with Gasteiger partial charge in [0.2, 0.25) is 0 Å². The smallest absolute Gasteiger partial charge is 0.157 e. The predicted octanol–water partition coefficient (Wildman–Crippen LogP) is 2.68. The van der Waals surface area contributed by atoms with Gasteiger partial charge in [-0.3, -0.25) is 0 Å². The number of hydrogen-bond acceptors (Lipinski definition) is 4. The van der Waals surface area contributed by atoms with Crippen molar-refractivity contribution in [3.8, 4) is 11.5 Å². The van der Waals surface area contributed by atoms with E-state index in [0.717, 1.165) is 12.0 Å². The molecule has 0 unspecified atom stereocenters. The average Bonchev–Trinajstić information content (AvgIpc) is 2.34. The van der Waals surface area contributed by atoms with Crippen LogP contribution in [0.2, 0.25) is 0 Å². The normalized spacial score (nSPS) is 9.21. The van der Waals surface area contributed by atoms with Gasteiger partial charge in [-0.2, -0.15) is 0 Å². The van der Waals surface area contributed by atoms with Gasteiger partial charge in [0, 0.05) is 0 Å². The van der Waals surface area contributed by atoms with Gasteiger partial charge in [-0.15, -0.1) is 0 Å². The number of phenols is 2. The molecule has 0 aliphatic carbocycles. The summed E-state index contributed by atoms with van der Waals surface area (Å²) in [5.74, 6) is 0.476. The summed E-state index contributed by atoms with van der Waals surface area (Å²) in [5.41, 5.74) is 1.06. The van der Waals surface area contributed by atoms with Crippen LogP contribution in [0.5, 0.6) is 11.5 Å². The zero-order chi connectivity index (χ0) is 15.3. The summed E-state index contributed by atoms with van der Waals surface area (Å²) in [7, 11) is 0. The molecule has 4 heteroatoms. The predicted molar refractivity (Wildman–Crippen MR) is 78.5 cm³/mol. The van der Waals surface area contributed by atoms with Gasteiger partial charge >= 0.3 is 0 Å². The number of rotatable bonds is 3. The van der Waals surface area contributed by atoms with Crippen molar-refractivity contribution in [2.24, 2.45) is 5.92 Å². The molecule has 19 heavy (non-hydrogen) atoms. The number of aromatic hydroxyl groups is 2. The summed E-state index contributed by atoms with van der Waals surface area (Å²) in [6, 6.07) is 4.96. The van der Waals surface area contributed by atoms with E-state index in [1.54, 1.807) is 6.07 Å². The summed E-state index contributed by atoms with van der Waals surface area (Å²) in [6.07, 6.45) is 2.17. The van der Waals surface area contributed by atoms with Crippen LogP contribution in [0.1, 0.15) is 39.7 Å². The minimum atomic E-state index is -0.125. The Bertz CT molecular complexity index is 309. The lowest BCUT2D eigenvalue weighted by Crippen LogP contribution is -1.92. The summed E-state index contributed by atoms with van der Waals surface area (Å²) in [4.78, 5) is 0. The molecule has 0 heterocycles. The highest BCUT2D eigenvalue weighted by molar-refractivity contribution is 5.40. The molecule has 0 saturated carbocycles. The van der Waals surface area contributed by atoms with Gasteiger partial charge in [-0.25, -0.2) is 0 Å². The van der Waals surface area contributed by atoms with Crippen molar-refractivity contribution in [3.05, 3.63) is 23.8 Å². The summed E-state index contributed by atoms with van der Waals surface area (Å²) >= 11 is 0. The Labute approximate surface area is 116 Å². The topological polar surface area (TPSA) is 80.9 Å². The van der Waals surface area contributed by atoms with E-state index in [9.17, 15) is 0 Å². The Kier molecular flexibility index (Phi) is 13.9. The maximum atomic E-state index is 9.16. The number of phenolic OH excluding ortho intramolecular Hbond substituents is 2. The van der Waals surface area contributed by atoms with E-state index in [2.05, 4.69) is 27.7 Å². The highest BCUT2D eigenvalue weighted by Gasteiger charge is 2.01. The van der Waals surface area contributed by atoms with E-state index >= 15 is 0 Å². The third-order valence-corrected chi connectivity index (χ3v) is 1.78. The third-order valence-electron chi connectivity index (χ3n) is 1.78. The monoisotopic (exact) mass is 272 g/mol. The quantitative estimate of drug-likeness (QED) is 0.638. The van der Waals surface area contributed by atoms with Crippen LogP contribution < -0.4 is 0 Å². The molecule has 0 aliphatic rings. The molecule has 0 aromatic heterocycles. The maximum absolute atomic E-state index is 9.16. The molecule has 0 radical (unpaired) electrons. The standard InChI is InChI=1S/C10H14O2.C3H8.C2H6O2/c1-7(2)5-8-3-4-9(11)10(12)6-8;1-3-2;3-1-2-4/h3-4,6-7,11-12H,5H2,1-2H3;3H2,1-2H3;3-4H,1-2H2. The van der Waals surface area contributed by atoms with Crippen molar-refractivity contribution in [1.29, 1.82) is 0 Å². The molecule has 0 fully saturated rings. The van der Waals surface area contributed by atoms with Crippen molar-refractivity contribution >= 4 is 0 Å². The number of aliphatic hydroxyl groups excluding tert-OH is 2. The molecule has 1 aromatic carbocycles. The Hall–Kier alpha value is -1.26. The van der Waals surface area contributed by atoms with Gasteiger partial charge in [0.1, 0.15) is 0 Å². The summed E-state index contributed by atoms with van der Waals surface area (Å²) < 4.78 is 0. The van der Waals surface area contributed by atoms with Crippen molar-refractivity contribution in [1.82, 2.24) is 0 Å². The van der Waals surface area contributed by atoms with Crippen molar-refractivity contribution in [2.75, 3.05) is 13.2 Å². The van der Waals surface area contributed by atoms with E-state index in [0.29, 0.717) is 5.92 Å². The summed E-state index contributed by atoms with van der Waals surface area (Å²) in [5, 5.41) is 33.4. The molecular weight excluding hydrogens is 244 g/mol. The molecule has 0 spiro atoms. The second-order valence-electron chi connectivity index (χ2n) is 4.58. The average molecular weight is 272 g/mol. The first-order valence-corrected chi connectivity index (χ1v) is 6.65. The molecule has 112 valence electrons. The second-order valence-corrected chi connectivity index (χ2v) is 4.58. The molecule has 1 rings (SSSR count). The van der Waals surface area contributed by atoms with Crippen molar-refractivity contribution in [3.63, 3.8) is 0 Å². The molecule has 4 N–H and O–H groups in total. The first kappa shape index (κ1) is 20.1. The fraction of sp³-hybridized carbons (Fsp3) is 0.600. The third kappa shape index (κ3) is 13.0. The van der Waals surface area contributed by atoms with Crippen LogP contribution in [0.25, 0.3) is 0 Å². The van der Waals surface area contributed by atoms with Crippen LogP contribution in [-0.4, -0.2) is 33.6 Å². The lowest BCUT2D eigenvalue weighted by atomic mass is 10.0. The second kappa shape index (κ2) is 13.2.